The van der Waals surface area contributed by atoms with E-state index in [-0.39, 0.29) is 22.7 Å². The number of nitro benzene ring substituents is 1. The maximum atomic E-state index is 10.9. The summed E-state index contributed by atoms with van der Waals surface area (Å²) < 4.78 is 0. The van der Waals surface area contributed by atoms with Crippen LogP contribution in [0.25, 0.3) is 0 Å². The maximum absolute atomic E-state index is 10.9. The van der Waals surface area contributed by atoms with Gasteiger partial charge in [0.2, 0.25) is 0 Å². The number of hydrogen-bond acceptors (Lipinski definition) is 9. The third kappa shape index (κ3) is 4.63. The Bertz CT molecular complexity index is 921. The molecule has 4 rings (SSSR count). The number of hydrogen-bond donors (Lipinski definition) is 2. The van der Waals surface area contributed by atoms with Gasteiger partial charge >= 0.3 is 0 Å². The van der Waals surface area contributed by atoms with Gasteiger partial charge in [-0.3, -0.25) is 35.9 Å². The van der Waals surface area contributed by atoms with E-state index in [4.69, 9.17) is 4.99 Å². The molecule has 1 aromatic heterocycles. The van der Waals surface area contributed by atoms with Crippen LogP contribution < -0.4 is 10.9 Å². The number of nitrogens with one attached hydrogen (secondary N) is 2. The van der Waals surface area contributed by atoms with Crippen LogP contribution in [0.4, 0.5) is 5.69 Å². The number of thioether (sulfide) groups is 2. The lowest BCUT2D eigenvalue weighted by Gasteiger charge is -2.07. The normalized spacial score (nSPS) is 21.1. The van der Waals surface area contributed by atoms with Crippen molar-refractivity contribution in [1.29, 1.82) is 0 Å². The minimum absolute atomic E-state index is 0.0909. The topological polar surface area (TPSA) is 105 Å². The van der Waals surface area contributed by atoms with E-state index in [0.29, 0.717) is 0 Å². The summed E-state index contributed by atoms with van der Waals surface area (Å²) in [5, 5.41) is 12.6. The van der Waals surface area contributed by atoms with Gasteiger partial charge in [0.1, 0.15) is 0 Å². The van der Waals surface area contributed by atoms with Crippen molar-refractivity contribution in [2.75, 3.05) is 11.5 Å². The second-order valence-electron chi connectivity index (χ2n) is 6.32. The molecule has 1 aromatic carbocycles. The second-order valence-corrected chi connectivity index (χ2v) is 8.34. The van der Waals surface area contributed by atoms with Gasteiger partial charge in [-0.2, -0.15) is 0 Å². The zero-order valence-corrected chi connectivity index (χ0v) is 16.4. The predicted octanol–water partition coefficient (Wildman–Crippen LogP) is 2.94. The van der Waals surface area contributed by atoms with E-state index in [1.165, 1.54) is 11.6 Å². The van der Waals surface area contributed by atoms with Crippen LogP contribution in [0.3, 0.4) is 0 Å². The lowest BCUT2D eigenvalue weighted by atomic mass is 10.1. The van der Waals surface area contributed by atoms with Crippen molar-refractivity contribution >= 4 is 39.5 Å². The molecule has 144 valence electrons. The molecule has 2 atom stereocenters. The molecule has 0 saturated heterocycles. The molecule has 10 heteroatoms. The van der Waals surface area contributed by atoms with Crippen LogP contribution in [-0.4, -0.2) is 37.8 Å². The van der Waals surface area contributed by atoms with Crippen LogP contribution in [0.15, 0.2) is 58.8 Å². The smallest absolute Gasteiger partial charge is 0.269 e. The molecule has 0 spiro atoms. The van der Waals surface area contributed by atoms with Crippen molar-refractivity contribution in [1.82, 2.24) is 15.8 Å². The summed E-state index contributed by atoms with van der Waals surface area (Å²) in [7, 11) is 0. The monoisotopic (exact) mass is 414 g/mol. The van der Waals surface area contributed by atoms with Crippen LogP contribution in [0, 0.1) is 10.1 Å². The largest absolute Gasteiger partial charge is 0.277 e. The Balaban J connectivity index is 1.32. The molecular weight excluding hydrogens is 396 g/mol. The number of nitro groups is 1. The zero-order chi connectivity index (χ0) is 19.3. The molecule has 2 aliphatic rings. The zero-order valence-electron chi connectivity index (χ0n) is 14.8. The van der Waals surface area contributed by atoms with Gasteiger partial charge in [-0.15, -0.1) is 0 Å². The molecular formula is C18H18N6O2S2. The summed E-state index contributed by atoms with van der Waals surface area (Å²) in [4.78, 5) is 23.9. The van der Waals surface area contributed by atoms with E-state index in [9.17, 15) is 10.1 Å². The first-order valence-corrected chi connectivity index (χ1v) is 10.7. The van der Waals surface area contributed by atoms with Crippen molar-refractivity contribution in [2.45, 2.75) is 18.5 Å². The summed E-state index contributed by atoms with van der Waals surface area (Å²) >= 11 is 3.26. The molecule has 0 saturated carbocycles. The van der Waals surface area contributed by atoms with Crippen molar-refractivity contribution in [3.8, 4) is 0 Å². The van der Waals surface area contributed by atoms with Crippen LogP contribution >= 0.6 is 23.5 Å². The highest BCUT2D eigenvalue weighted by molar-refractivity contribution is 8.14. The molecule has 0 amide bonds. The summed E-state index contributed by atoms with van der Waals surface area (Å²) in [5.74, 6) is 1.68. The molecule has 28 heavy (non-hydrogen) atoms. The molecule has 0 radical (unpaired) electrons. The minimum atomic E-state index is -0.381. The summed E-state index contributed by atoms with van der Waals surface area (Å²) in [6.07, 6.45) is 4.50. The lowest BCUT2D eigenvalue weighted by molar-refractivity contribution is -0.384. The van der Waals surface area contributed by atoms with Crippen LogP contribution in [0.2, 0.25) is 0 Å². The molecule has 2 aromatic rings. The Hall–Kier alpha value is -2.59. The van der Waals surface area contributed by atoms with Gasteiger partial charge in [-0.1, -0.05) is 35.7 Å². The number of aliphatic imine (C=N–C) groups is 2. The van der Waals surface area contributed by atoms with Gasteiger partial charge in [-0.25, -0.2) is 0 Å². The third-order valence-corrected chi connectivity index (χ3v) is 6.32. The SMILES string of the molecule is O=[N+]([O-])c1cccc(C2CSC(NNC3=NC(Cc4ccncc4)CS3)=N2)c1. The van der Waals surface area contributed by atoms with Crippen molar-refractivity contribution in [3.63, 3.8) is 0 Å². The Kier molecular flexibility index (Phi) is 5.77. The fraction of sp³-hybridized carbons (Fsp3) is 0.278. The number of aromatic nitrogens is 1. The van der Waals surface area contributed by atoms with Crippen molar-refractivity contribution < 1.29 is 4.92 Å². The van der Waals surface area contributed by atoms with E-state index < -0.39 is 0 Å². The highest BCUT2D eigenvalue weighted by Gasteiger charge is 2.23. The van der Waals surface area contributed by atoms with E-state index in [1.807, 2.05) is 18.2 Å². The number of amidine groups is 2. The van der Waals surface area contributed by atoms with Crippen LogP contribution in [-0.2, 0) is 6.42 Å². The number of pyridine rings is 1. The Morgan fingerprint density at radius 3 is 2.61 bits per heavy atom. The van der Waals surface area contributed by atoms with Gasteiger partial charge in [0, 0.05) is 36.0 Å². The molecule has 0 aliphatic carbocycles. The van der Waals surface area contributed by atoms with E-state index >= 15 is 0 Å². The van der Waals surface area contributed by atoms with E-state index in [1.54, 1.807) is 48.1 Å². The number of rotatable bonds is 4. The quantitative estimate of drug-likeness (QED) is 0.585. The van der Waals surface area contributed by atoms with Crippen LogP contribution in [0.1, 0.15) is 17.2 Å². The first-order valence-electron chi connectivity index (χ1n) is 8.74. The summed E-state index contributed by atoms with van der Waals surface area (Å²) in [6, 6.07) is 10.8. The first kappa shape index (κ1) is 18.8. The molecule has 2 N–H and O–H groups in total. The van der Waals surface area contributed by atoms with Crippen molar-refractivity contribution in [3.05, 3.63) is 70.0 Å². The Morgan fingerprint density at radius 1 is 1.07 bits per heavy atom. The average Bonchev–Trinajstić information content (AvgIpc) is 3.37. The van der Waals surface area contributed by atoms with Gasteiger partial charge in [0.25, 0.3) is 5.69 Å². The van der Waals surface area contributed by atoms with Crippen molar-refractivity contribution in [2.24, 2.45) is 9.98 Å². The predicted molar refractivity (Wildman–Crippen MR) is 114 cm³/mol. The number of nitrogens with zero attached hydrogens (tertiary/aromatic N) is 4. The fourth-order valence-corrected chi connectivity index (χ4v) is 4.74. The molecule has 3 heterocycles. The Morgan fingerprint density at radius 2 is 1.82 bits per heavy atom. The molecule has 0 bridgehead atoms. The maximum Gasteiger partial charge on any atom is 0.269 e. The molecule has 0 fully saturated rings. The third-order valence-electron chi connectivity index (χ3n) is 4.33. The van der Waals surface area contributed by atoms with Crippen LogP contribution in [0.5, 0.6) is 0 Å². The minimum Gasteiger partial charge on any atom is -0.277 e. The van der Waals surface area contributed by atoms with Gasteiger partial charge in [0.15, 0.2) is 10.3 Å². The molecule has 2 unspecified atom stereocenters. The number of benzene rings is 1. The van der Waals surface area contributed by atoms with Gasteiger partial charge in [0.05, 0.1) is 17.0 Å². The van der Waals surface area contributed by atoms with Gasteiger partial charge < -0.3 is 0 Å². The lowest BCUT2D eigenvalue weighted by Crippen LogP contribution is -2.37. The average molecular weight is 415 g/mol. The fourth-order valence-electron chi connectivity index (χ4n) is 2.94. The highest BCUT2D eigenvalue weighted by atomic mass is 32.2. The van der Waals surface area contributed by atoms with E-state index in [2.05, 4.69) is 20.8 Å². The molecule has 2 aliphatic heterocycles. The first-order chi connectivity index (χ1) is 13.7. The summed E-state index contributed by atoms with van der Waals surface area (Å²) in [6.45, 7) is 0. The number of non-ortho nitro benzene ring substituents is 1. The Labute approximate surface area is 170 Å². The highest BCUT2D eigenvalue weighted by Crippen LogP contribution is 2.31. The standard InChI is InChI=1S/C18H18N6O2S2/c25-24(26)15-3-1-2-13(9-15)16-11-28-18(21-16)23-22-17-20-14(10-27-17)8-12-4-6-19-7-5-12/h1-7,9,14,16H,8,10-11H2,(H,20,22)(H,21,23). The molecule has 8 nitrogen and oxygen atoms in total. The number of hydrazine groups is 1. The second kappa shape index (κ2) is 8.61. The summed E-state index contributed by atoms with van der Waals surface area (Å²) in [5.41, 5.74) is 8.42. The van der Waals surface area contributed by atoms with E-state index in [0.717, 1.165) is 33.8 Å². The van der Waals surface area contributed by atoms with Gasteiger partial charge in [-0.05, 0) is 29.7 Å².